The predicted octanol–water partition coefficient (Wildman–Crippen LogP) is 5.99. The topological polar surface area (TPSA) is 42.3 Å². The van der Waals surface area contributed by atoms with Crippen LogP contribution in [0.15, 0.2) is 103 Å². The van der Waals surface area contributed by atoms with Crippen LogP contribution >= 0.6 is 11.8 Å². The highest BCUT2D eigenvalue weighted by Crippen LogP contribution is 2.39. The first-order valence-corrected chi connectivity index (χ1v) is 10.4. The van der Waals surface area contributed by atoms with E-state index in [0.29, 0.717) is 5.69 Å². The zero-order valence-electron chi connectivity index (χ0n) is 16.1. The van der Waals surface area contributed by atoms with Gasteiger partial charge < -0.3 is 4.57 Å². The van der Waals surface area contributed by atoms with Gasteiger partial charge in [0.2, 0.25) is 0 Å². The number of aromatic nitrogens is 1. The lowest BCUT2D eigenvalue weighted by atomic mass is 9.98. The summed E-state index contributed by atoms with van der Waals surface area (Å²) in [7, 11) is 0. The Labute approximate surface area is 178 Å². The summed E-state index contributed by atoms with van der Waals surface area (Å²) in [6, 6.07) is 28.2. The molecule has 0 atom stereocenters. The maximum Gasteiger partial charge on any atom is 0.298 e. The van der Waals surface area contributed by atoms with Crippen LogP contribution in [0.25, 0.3) is 10.9 Å². The van der Waals surface area contributed by atoms with E-state index in [0.717, 1.165) is 33.8 Å². The number of benzene rings is 3. The number of hydrogen-bond acceptors (Lipinski definition) is 3. The molecule has 0 radical (unpaired) electrons. The number of thioether (sulfide) groups is 1. The van der Waals surface area contributed by atoms with Crippen LogP contribution in [-0.2, 0) is 4.79 Å². The summed E-state index contributed by atoms with van der Waals surface area (Å²) in [5.74, 6) is -0.354. The van der Waals surface area contributed by atoms with Crippen molar-refractivity contribution in [1.29, 1.82) is 0 Å². The van der Waals surface area contributed by atoms with E-state index in [-0.39, 0.29) is 22.1 Å². The van der Waals surface area contributed by atoms with Crippen molar-refractivity contribution in [3.05, 3.63) is 114 Å². The highest BCUT2D eigenvalue weighted by Gasteiger charge is 2.36. The summed E-state index contributed by atoms with van der Waals surface area (Å²) in [4.78, 5) is 26.4. The molecule has 146 valence electrons. The van der Waals surface area contributed by atoms with Crippen LogP contribution in [0.1, 0.15) is 17.2 Å². The van der Waals surface area contributed by atoms with Gasteiger partial charge in [-0.1, -0.05) is 73.3 Å². The van der Waals surface area contributed by atoms with E-state index in [2.05, 4.69) is 35.4 Å². The van der Waals surface area contributed by atoms with E-state index in [1.807, 2.05) is 66.9 Å². The SMILES string of the molecule is C=C1SC(=O)N(c2cccc3c2ccn3C(c2ccccc2)c2ccccc2)C1=O. The lowest BCUT2D eigenvalue weighted by Crippen LogP contribution is -2.27. The van der Waals surface area contributed by atoms with Crippen LogP contribution in [0.2, 0.25) is 0 Å². The van der Waals surface area contributed by atoms with Gasteiger partial charge in [0.05, 0.1) is 22.2 Å². The summed E-state index contributed by atoms with van der Waals surface area (Å²) in [6.45, 7) is 3.70. The van der Waals surface area contributed by atoms with Crippen LogP contribution in [0.3, 0.4) is 0 Å². The molecule has 1 fully saturated rings. The number of carbonyl (C=O) groups is 2. The molecular weight excluding hydrogens is 392 g/mol. The third kappa shape index (κ3) is 2.95. The van der Waals surface area contributed by atoms with Crippen LogP contribution in [0.4, 0.5) is 10.5 Å². The van der Waals surface area contributed by atoms with E-state index >= 15 is 0 Å². The Kier molecular flexibility index (Phi) is 4.52. The molecule has 4 aromatic rings. The zero-order chi connectivity index (χ0) is 20.7. The standard InChI is InChI=1S/C25H18N2O2S/c1-17-24(28)27(25(29)30-17)22-14-8-13-21-20(22)15-16-26(21)23(18-9-4-2-5-10-18)19-11-6-3-7-12-19/h2-16,23H,1H2. The van der Waals surface area contributed by atoms with E-state index in [4.69, 9.17) is 0 Å². The number of carbonyl (C=O) groups excluding carboxylic acids is 2. The van der Waals surface area contributed by atoms with Crippen molar-refractivity contribution in [3.63, 3.8) is 0 Å². The lowest BCUT2D eigenvalue weighted by Gasteiger charge is -2.22. The number of hydrogen-bond donors (Lipinski definition) is 0. The molecule has 5 heteroatoms. The first-order chi connectivity index (χ1) is 14.6. The molecule has 5 rings (SSSR count). The summed E-state index contributed by atoms with van der Waals surface area (Å²) < 4.78 is 2.19. The summed E-state index contributed by atoms with van der Waals surface area (Å²) in [6.07, 6.45) is 2.02. The second kappa shape index (κ2) is 7.35. The molecule has 1 saturated heterocycles. The van der Waals surface area contributed by atoms with Gasteiger partial charge in [0.1, 0.15) is 0 Å². The molecule has 2 heterocycles. The Morgan fingerprint density at radius 1 is 0.767 bits per heavy atom. The molecule has 3 aromatic carbocycles. The third-order valence-electron chi connectivity index (χ3n) is 5.32. The van der Waals surface area contributed by atoms with Gasteiger partial charge in [0.15, 0.2) is 0 Å². The van der Waals surface area contributed by atoms with Crippen molar-refractivity contribution < 1.29 is 9.59 Å². The molecule has 1 aliphatic rings. The largest absolute Gasteiger partial charge is 0.336 e. The minimum Gasteiger partial charge on any atom is -0.336 e. The molecule has 0 unspecified atom stereocenters. The van der Waals surface area contributed by atoms with Gasteiger partial charge in [-0.05, 0) is 41.1 Å². The van der Waals surface area contributed by atoms with E-state index < -0.39 is 0 Å². The Bertz CT molecular complexity index is 1240. The molecule has 0 N–H and O–H groups in total. The van der Waals surface area contributed by atoms with Crippen LogP contribution in [0.5, 0.6) is 0 Å². The molecule has 4 nitrogen and oxygen atoms in total. The van der Waals surface area contributed by atoms with Crippen molar-refractivity contribution in [1.82, 2.24) is 4.57 Å². The second-order valence-electron chi connectivity index (χ2n) is 7.09. The fourth-order valence-corrected chi connectivity index (χ4v) is 4.65. The van der Waals surface area contributed by atoms with Gasteiger partial charge in [-0.15, -0.1) is 0 Å². The van der Waals surface area contributed by atoms with Crippen molar-refractivity contribution in [2.24, 2.45) is 0 Å². The van der Waals surface area contributed by atoms with Crippen LogP contribution < -0.4 is 4.90 Å². The average molecular weight is 410 g/mol. The van der Waals surface area contributed by atoms with Gasteiger partial charge in [0.25, 0.3) is 11.1 Å². The second-order valence-corrected chi connectivity index (χ2v) is 8.13. The molecule has 0 saturated carbocycles. The normalized spacial score (nSPS) is 14.3. The molecular formula is C25H18N2O2S. The van der Waals surface area contributed by atoms with Crippen molar-refractivity contribution in [2.75, 3.05) is 4.90 Å². The van der Waals surface area contributed by atoms with E-state index in [1.165, 1.54) is 4.90 Å². The molecule has 0 bridgehead atoms. The van der Waals surface area contributed by atoms with Crippen molar-refractivity contribution in [2.45, 2.75) is 6.04 Å². The monoisotopic (exact) mass is 410 g/mol. The fraction of sp³-hybridized carbons (Fsp3) is 0.0400. The number of imide groups is 1. The summed E-state index contributed by atoms with van der Waals surface area (Å²) in [5, 5.41) is 0.541. The Hall–Kier alpha value is -3.57. The number of nitrogens with zero attached hydrogens (tertiary/aromatic N) is 2. The van der Waals surface area contributed by atoms with Gasteiger partial charge in [0, 0.05) is 11.6 Å². The van der Waals surface area contributed by atoms with Crippen molar-refractivity contribution >= 4 is 39.5 Å². The van der Waals surface area contributed by atoms with Gasteiger partial charge in [-0.25, -0.2) is 4.90 Å². The maximum absolute atomic E-state index is 12.5. The molecule has 0 aliphatic carbocycles. The number of anilines is 1. The maximum atomic E-state index is 12.5. The molecule has 1 aliphatic heterocycles. The Morgan fingerprint density at radius 2 is 1.40 bits per heavy atom. The Balaban J connectivity index is 1.70. The zero-order valence-corrected chi connectivity index (χ0v) is 16.9. The van der Waals surface area contributed by atoms with Crippen LogP contribution in [0, 0.1) is 0 Å². The van der Waals surface area contributed by atoms with Gasteiger partial charge in [-0.3, -0.25) is 9.59 Å². The highest BCUT2D eigenvalue weighted by atomic mass is 32.2. The predicted molar refractivity (Wildman–Crippen MR) is 122 cm³/mol. The number of fused-ring (bicyclic) bond motifs is 1. The van der Waals surface area contributed by atoms with E-state index in [1.54, 1.807) is 0 Å². The van der Waals surface area contributed by atoms with Crippen molar-refractivity contribution in [3.8, 4) is 0 Å². The Morgan fingerprint density at radius 3 is 1.97 bits per heavy atom. The molecule has 0 spiro atoms. The number of rotatable bonds is 4. The number of amides is 2. The summed E-state index contributed by atoms with van der Waals surface area (Å²) in [5.41, 5.74) is 3.85. The first-order valence-electron chi connectivity index (χ1n) is 9.60. The average Bonchev–Trinajstić information content (AvgIpc) is 3.30. The summed E-state index contributed by atoms with van der Waals surface area (Å²) >= 11 is 0.883. The smallest absolute Gasteiger partial charge is 0.298 e. The quantitative estimate of drug-likeness (QED) is 0.388. The molecule has 1 aromatic heterocycles. The first kappa shape index (κ1) is 18.5. The third-order valence-corrected chi connectivity index (χ3v) is 6.10. The minimum atomic E-state index is -0.354. The highest BCUT2D eigenvalue weighted by molar-refractivity contribution is 8.18. The lowest BCUT2D eigenvalue weighted by molar-refractivity contribution is -0.113. The van der Waals surface area contributed by atoms with E-state index in [9.17, 15) is 9.59 Å². The van der Waals surface area contributed by atoms with Gasteiger partial charge in [-0.2, -0.15) is 0 Å². The minimum absolute atomic E-state index is 0.0329. The molecule has 30 heavy (non-hydrogen) atoms. The fourth-order valence-electron chi connectivity index (χ4n) is 3.99. The van der Waals surface area contributed by atoms with Crippen LogP contribution in [-0.4, -0.2) is 15.7 Å². The molecule has 2 amide bonds. The van der Waals surface area contributed by atoms with Gasteiger partial charge >= 0.3 is 0 Å².